The van der Waals surface area contributed by atoms with E-state index in [4.69, 9.17) is 0 Å². The van der Waals surface area contributed by atoms with E-state index in [-0.39, 0.29) is 63.4 Å². The second-order valence-corrected chi connectivity index (χ2v) is 4.72. The Balaban J connectivity index is 0.000000980. The summed E-state index contributed by atoms with van der Waals surface area (Å²) in [4.78, 5) is 4.82. The second-order valence-electron chi connectivity index (χ2n) is 4.72. The van der Waals surface area contributed by atoms with Crippen molar-refractivity contribution in [1.82, 2.24) is 9.80 Å². The van der Waals surface area contributed by atoms with Crippen molar-refractivity contribution in [2.24, 2.45) is 5.41 Å². The summed E-state index contributed by atoms with van der Waals surface area (Å²) < 4.78 is 0. The fourth-order valence-electron chi connectivity index (χ4n) is 2.01. The zero-order chi connectivity index (χ0) is 9.31. The Morgan fingerprint density at radius 1 is 1.14 bits per heavy atom. The molecular formula is C10H19KN2O. The van der Waals surface area contributed by atoms with Crippen molar-refractivity contribution in [1.29, 1.82) is 0 Å². The van der Waals surface area contributed by atoms with Crippen molar-refractivity contribution in [3.63, 3.8) is 0 Å². The first kappa shape index (κ1) is 13.6. The topological polar surface area (TPSA) is 29.5 Å². The molecule has 1 aliphatic heterocycles. The smallest absolute Gasteiger partial charge is 0.854 e. The van der Waals surface area contributed by atoms with E-state index in [0.29, 0.717) is 0 Å². The van der Waals surface area contributed by atoms with E-state index in [0.717, 1.165) is 32.7 Å². The molecule has 0 amide bonds. The Kier molecular flexibility index (Phi) is 5.56. The van der Waals surface area contributed by atoms with E-state index in [2.05, 4.69) is 16.8 Å². The van der Waals surface area contributed by atoms with E-state index in [1.54, 1.807) is 0 Å². The number of hydrogen-bond acceptors (Lipinski definition) is 3. The summed E-state index contributed by atoms with van der Waals surface area (Å²) in [6, 6.07) is 0. The number of likely N-dealkylation sites (N-methyl/N-ethyl adjacent to an activating group) is 1. The third-order valence-corrected chi connectivity index (χ3v) is 3.42. The molecule has 0 bridgehead atoms. The normalized spacial score (nSPS) is 27.0. The van der Waals surface area contributed by atoms with E-state index in [9.17, 15) is 5.11 Å². The minimum Gasteiger partial charge on any atom is -0.854 e. The molecule has 1 aliphatic carbocycles. The molecular weight excluding hydrogens is 203 g/mol. The van der Waals surface area contributed by atoms with Gasteiger partial charge in [-0.1, -0.05) is 0 Å². The Hall–Kier alpha value is 1.52. The summed E-state index contributed by atoms with van der Waals surface area (Å²) >= 11 is 0. The van der Waals surface area contributed by atoms with Gasteiger partial charge in [0.15, 0.2) is 0 Å². The molecule has 2 aliphatic rings. The summed E-state index contributed by atoms with van der Waals surface area (Å²) in [7, 11) is 2.16. The largest absolute Gasteiger partial charge is 1.00 e. The standard InChI is InChI=1S/C10H19N2O.K/c1-11-4-6-12(7-5-11)8-10(9-13)2-3-10;/h2-9H2,1H3;/q-1;+1. The third-order valence-electron chi connectivity index (χ3n) is 3.42. The number of hydrogen-bond donors (Lipinski definition) is 0. The minimum atomic E-state index is 0. The fourth-order valence-corrected chi connectivity index (χ4v) is 2.01. The van der Waals surface area contributed by atoms with Crippen LogP contribution >= 0.6 is 0 Å². The molecule has 1 heterocycles. The molecule has 0 aromatic rings. The van der Waals surface area contributed by atoms with Crippen molar-refractivity contribution >= 4 is 0 Å². The van der Waals surface area contributed by atoms with Gasteiger partial charge in [-0.2, -0.15) is 0 Å². The van der Waals surface area contributed by atoms with Gasteiger partial charge in [-0.25, -0.2) is 0 Å². The molecule has 14 heavy (non-hydrogen) atoms. The van der Waals surface area contributed by atoms with Crippen LogP contribution in [0.2, 0.25) is 0 Å². The van der Waals surface area contributed by atoms with Gasteiger partial charge in [0, 0.05) is 32.7 Å². The molecule has 1 saturated carbocycles. The average Bonchev–Trinajstić information content (AvgIpc) is 2.90. The Morgan fingerprint density at radius 3 is 2.14 bits per heavy atom. The number of rotatable bonds is 3. The summed E-state index contributed by atoms with van der Waals surface area (Å²) in [6.45, 7) is 5.82. The predicted molar refractivity (Wildman–Crippen MR) is 50.5 cm³/mol. The number of piperazine rings is 1. The summed E-state index contributed by atoms with van der Waals surface area (Å²) in [6.07, 6.45) is 2.34. The summed E-state index contributed by atoms with van der Waals surface area (Å²) in [5.41, 5.74) is 0.190. The van der Waals surface area contributed by atoms with Crippen LogP contribution in [0, 0.1) is 5.41 Å². The van der Waals surface area contributed by atoms with Crippen LogP contribution in [0.1, 0.15) is 12.8 Å². The average molecular weight is 222 g/mol. The van der Waals surface area contributed by atoms with Crippen LogP contribution < -0.4 is 56.5 Å². The third kappa shape index (κ3) is 3.52. The van der Waals surface area contributed by atoms with Gasteiger partial charge >= 0.3 is 51.4 Å². The van der Waals surface area contributed by atoms with Crippen molar-refractivity contribution < 1.29 is 56.5 Å². The van der Waals surface area contributed by atoms with E-state index >= 15 is 0 Å². The van der Waals surface area contributed by atoms with Crippen LogP contribution in [0.3, 0.4) is 0 Å². The number of nitrogens with zero attached hydrogens (tertiary/aromatic N) is 2. The van der Waals surface area contributed by atoms with Gasteiger partial charge in [0.1, 0.15) is 0 Å². The van der Waals surface area contributed by atoms with Gasteiger partial charge in [-0.3, -0.25) is 0 Å². The quantitative estimate of drug-likeness (QED) is 0.462. The van der Waals surface area contributed by atoms with Crippen LogP contribution in [0.4, 0.5) is 0 Å². The first-order chi connectivity index (χ1) is 6.24. The van der Waals surface area contributed by atoms with Gasteiger partial charge < -0.3 is 14.9 Å². The molecule has 0 atom stereocenters. The van der Waals surface area contributed by atoms with Gasteiger partial charge in [-0.05, 0) is 25.3 Å². The van der Waals surface area contributed by atoms with E-state index in [1.807, 2.05) is 0 Å². The van der Waals surface area contributed by atoms with Crippen molar-refractivity contribution in [3.8, 4) is 0 Å². The van der Waals surface area contributed by atoms with Crippen molar-refractivity contribution in [3.05, 3.63) is 0 Å². The van der Waals surface area contributed by atoms with Gasteiger partial charge in [0.2, 0.25) is 0 Å². The maximum absolute atomic E-state index is 10.9. The molecule has 3 nitrogen and oxygen atoms in total. The Bertz CT molecular complexity index is 177. The van der Waals surface area contributed by atoms with E-state index < -0.39 is 0 Å². The van der Waals surface area contributed by atoms with Gasteiger partial charge in [0.25, 0.3) is 0 Å². The van der Waals surface area contributed by atoms with Crippen LogP contribution in [0.25, 0.3) is 0 Å². The molecule has 0 unspecified atom stereocenters. The molecule has 2 rings (SSSR count). The van der Waals surface area contributed by atoms with Crippen molar-refractivity contribution in [2.45, 2.75) is 12.8 Å². The van der Waals surface area contributed by atoms with Crippen molar-refractivity contribution in [2.75, 3.05) is 46.4 Å². The molecule has 0 aromatic carbocycles. The maximum Gasteiger partial charge on any atom is 1.00 e. The first-order valence-electron chi connectivity index (χ1n) is 5.23. The van der Waals surface area contributed by atoms with Crippen LogP contribution in [0.5, 0.6) is 0 Å². The van der Waals surface area contributed by atoms with Crippen LogP contribution in [0.15, 0.2) is 0 Å². The molecule has 0 spiro atoms. The molecule has 1 saturated heterocycles. The fraction of sp³-hybridized carbons (Fsp3) is 1.00. The molecule has 2 fully saturated rings. The molecule has 0 aromatic heterocycles. The van der Waals surface area contributed by atoms with Gasteiger partial charge in [0.05, 0.1) is 0 Å². The SMILES string of the molecule is CN1CCN(CC2(C[O-])CC2)CC1.[K+]. The Morgan fingerprint density at radius 2 is 1.71 bits per heavy atom. The molecule has 0 radical (unpaired) electrons. The monoisotopic (exact) mass is 222 g/mol. The zero-order valence-electron chi connectivity index (χ0n) is 9.46. The molecule has 0 N–H and O–H groups in total. The molecule has 76 valence electrons. The second kappa shape index (κ2) is 5.73. The summed E-state index contributed by atoms with van der Waals surface area (Å²) in [5.74, 6) is 0. The zero-order valence-corrected chi connectivity index (χ0v) is 12.6. The van der Waals surface area contributed by atoms with E-state index in [1.165, 1.54) is 12.8 Å². The summed E-state index contributed by atoms with van der Waals surface area (Å²) in [5, 5.41) is 10.9. The minimum absolute atomic E-state index is 0. The first-order valence-corrected chi connectivity index (χ1v) is 5.23. The van der Waals surface area contributed by atoms with Gasteiger partial charge in [-0.15, -0.1) is 6.61 Å². The van der Waals surface area contributed by atoms with Crippen LogP contribution in [-0.4, -0.2) is 56.2 Å². The predicted octanol–water partition coefficient (Wildman–Crippen LogP) is -3.62. The molecule has 4 heteroatoms. The maximum atomic E-state index is 10.9. The Labute approximate surface area is 129 Å². The van der Waals surface area contributed by atoms with Crippen LogP contribution in [-0.2, 0) is 0 Å².